The van der Waals surface area contributed by atoms with Gasteiger partial charge in [-0.3, -0.25) is 4.79 Å². The van der Waals surface area contributed by atoms with E-state index in [1.54, 1.807) is 11.3 Å². The third kappa shape index (κ3) is 4.58. The SMILES string of the molecule is CCCOCC(=O)Cc1ccc(CC)s1. The summed E-state index contributed by atoms with van der Waals surface area (Å²) in [6.45, 7) is 5.10. The molecule has 1 aromatic rings. The fourth-order valence-electron chi connectivity index (χ4n) is 1.28. The Morgan fingerprint density at radius 3 is 2.67 bits per heavy atom. The zero-order chi connectivity index (χ0) is 11.1. The minimum atomic E-state index is 0.174. The fraction of sp³-hybridized carbons (Fsp3) is 0.583. The zero-order valence-corrected chi connectivity index (χ0v) is 10.2. The summed E-state index contributed by atoms with van der Waals surface area (Å²) in [4.78, 5) is 14.0. The molecule has 0 saturated carbocycles. The second-order valence-electron chi connectivity index (χ2n) is 3.49. The molecule has 0 N–H and O–H groups in total. The van der Waals surface area contributed by atoms with E-state index in [0.29, 0.717) is 13.0 Å². The van der Waals surface area contributed by atoms with Crippen molar-refractivity contribution in [2.24, 2.45) is 0 Å². The van der Waals surface area contributed by atoms with E-state index in [9.17, 15) is 4.79 Å². The van der Waals surface area contributed by atoms with Crippen molar-refractivity contribution in [2.45, 2.75) is 33.1 Å². The summed E-state index contributed by atoms with van der Waals surface area (Å²) >= 11 is 1.72. The number of carbonyl (C=O) groups is 1. The number of hydrogen-bond donors (Lipinski definition) is 0. The van der Waals surface area contributed by atoms with Gasteiger partial charge in [-0.2, -0.15) is 0 Å². The summed E-state index contributed by atoms with van der Waals surface area (Å²) < 4.78 is 5.21. The van der Waals surface area contributed by atoms with Crippen molar-refractivity contribution in [3.05, 3.63) is 21.9 Å². The zero-order valence-electron chi connectivity index (χ0n) is 9.41. The Hall–Kier alpha value is -0.670. The smallest absolute Gasteiger partial charge is 0.163 e. The molecule has 3 heteroatoms. The van der Waals surface area contributed by atoms with Crippen molar-refractivity contribution < 1.29 is 9.53 Å². The molecule has 1 rings (SSSR count). The number of ketones is 1. The Labute approximate surface area is 95.3 Å². The quantitative estimate of drug-likeness (QED) is 0.668. The molecule has 0 amide bonds. The fourth-order valence-corrected chi connectivity index (χ4v) is 2.27. The molecule has 2 nitrogen and oxygen atoms in total. The molecule has 0 radical (unpaired) electrons. The highest BCUT2D eigenvalue weighted by Gasteiger charge is 2.05. The van der Waals surface area contributed by atoms with E-state index >= 15 is 0 Å². The Morgan fingerprint density at radius 2 is 2.07 bits per heavy atom. The van der Waals surface area contributed by atoms with Gasteiger partial charge in [-0.1, -0.05) is 13.8 Å². The minimum Gasteiger partial charge on any atom is -0.374 e. The molecule has 84 valence electrons. The van der Waals surface area contributed by atoms with E-state index < -0.39 is 0 Å². The lowest BCUT2D eigenvalue weighted by atomic mass is 10.2. The maximum Gasteiger partial charge on any atom is 0.163 e. The van der Waals surface area contributed by atoms with Crippen LogP contribution in [-0.4, -0.2) is 19.0 Å². The highest BCUT2D eigenvalue weighted by atomic mass is 32.1. The molecule has 0 aliphatic carbocycles. The number of aryl methyl sites for hydroxylation is 1. The normalized spacial score (nSPS) is 10.5. The first-order valence-corrected chi connectivity index (χ1v) is 6.25. The molecule has 0 unspecified atom stereocenters. The van der Waals surface area contributed by atoms with Crippen LogP contribution in [0.1, 0.15) is 30.0 Å². The molecule has 0 spiro atoms. The van der Waals surface area contributed by atoms with E-state index in [-0.39, 0.29) is 12.4 Å². The van der Waals surface area contributed by atoms with E-state index in [1.807, 2.05) is 13.0 Å². The third-order valence-corrected chi connectivity index (χ3v) is 3.28. The first-order chi connectivity index (χ1) is 7.26. The predicted octanol–water partition coefficient (Wildman–Crippen LogP) is 2.85. The van der Waals surface area contributed by atoms with Crippen LogP contribution in [0, 0.1) is 0 Å². The van der Waals surface area contributed by atoms with Crippen LogP contribution >= 0.6 is 11.3 Å². The van der Waals surface area contributed by atoms with E-state index in [2.05, 4.69) is 13.0 Å². The van der Waals surface area contributed by atoms with Gasteiger partial charge in [0.15, 0.2) is 5.78 Å². The molecule has 1 heterocycles. The van der Waals surface area contributed by atoms with Gasteiger partial charge < -0.3 is 4.74 Å². The molecule has 1 aromatic heterocycles. The van der Waals surface area contributed by atoms with Crippen LogP contribution in [0.4, 0.5) is 0 Å². The lowest BCUT2D eigenvalue weighted by molar-refractivity contribution is -0.122. The average Bonchev–Trinajstić information content (AvgIpc) is 2.66. The van der Waals surface area contributed by atoms with Crippen molar-refractivity contribution in [3.63, 3.8) is 0 Å². The van der Waals surface area contributed by atoms with Crippen molar-refractivity contribution >= 4 is 17.1 Å². The number of ether oxygens (including phenoxy) is 1. The summed E-state index contributed by atoms with van der Waals surface area (Å²) in [6, 6.07) is 4.14. The van der Waals surface area contributed by atoms with Crippen molar-refractivity contribution in [2.75, 3.05) is 13.2 Å². The van der Waals surface area contributed by atoms with Gasteiger partial charge >= 0.3 is 0 Å². The molecule has 0 saturated heterocycles. The predicted molar refractivity (Wildman–Crippen MR) is 63.5 cm³/mol. The molecule has 0 atom stereocenters. The average molecular weight is 226 g/mol. The maximum atomic E-state index is 11.5. The Morgan fingerprint density at radius 1 is 1.33 bits per heavy atom. The van der Waals surface area contributed by atoms with E-state index in [0.717, 1.165) is 17.7 Å². The first-order valence-electron chi connectivity index (χ1n) is 5.43. The number of carbonyl (C=O) groups excluding carboxylic acids is 1. The first kappa shape index (κ1) is 12.4. The highest BCUT2D eigenvalue weighted by molar-refractivity contribution is 7.12. The molecule has 0 aliphatic rings. The lowest BCUT2D eigenvalue weighted by Gasteiger charge is -2.00. The monoisotopic (exact) mass is 226 g/mol. The molecular weight excluding hydrogens is 208 g/mol. The van der Waals surface area contributed by atoms with Gasteiger partial charge in [0.1, 0.15) is 6.61 Å². The van der Waals surface area contributed by atoms with Crippen LogP contribution in [0.25, 0.3) is 0 Å². The standard InChI is InChI=1S/C12H18O2S/c1-3-7-14-9-10(13)8-12-6-5-11(4-2)15-12/h5-6H,3-4,7-9H2,1-2H3. The Kier molecular flexibility index (Phi) is 5.58. The summed E-state index contributed by atoms with van der Waals surface area (Å²) in [5.74, 6) is 0.174. The largest absolute Gasteiger partial charge is 0.374 e. The minimum absolute atomic E-state index is 0.174. The molecule has 15 heavy (non-hydrogen) atoms. The number of Topliss-reactive ketones (excluding diaryl/α,β-unsaturated/α-hetero) is 1. The Bertz CT molecular complexity index is 304. The van der Waals surface area contributed by atoms with Gasteiger partial charge in [0.25, 0.3) is 0 Å². The topological polar surface area (TPSA) is 26.3 Å². The summed E-state index contributed by atoms with van der Waals surface area (Å²) in [7, 11) is 0. The molecule has 0 bridgehead atoms. The van der Waals surface area contributed by atoms with Gasteiger partial charge in [0, 0.05) is 22.8 Å². The molecular formula is C12H18O2S. The van der Waals surface area contributed by atoms with E-state index in [1.165, 1.54) is 4.88 Å². The number of hydrogen-bond acceptors (Lipinski definition) is 3. The molecule has 0 fully saturated rings. The second kappa shape index (κ2) is 6.75. The van der Waals surface area contributed by atoms with Crippen molar-refractivity contribution in [3.8, 4) is 0 Å². The van der Waals surface area contributed by atoms with Gasteiger partial charge in [-0.25, -0.2) is 0 Å². The van der Waals surface area contributed by atoms with Gasteiger partial charge in [-0.05, 0) is 25.0 Å². The van der Waals surface area contributed by atoms with Crippen LogP contribution in [0.3, 0.4) is 0 Å². The molecule has 0 aromatic carbocycles. The highest BCUT2D eigenvalue weighted by Crippen LogP contribution is 2.17. The van der Waals surface area contributed by atoms with Crippen molar-refractivity contribution in [1.82, 2.24) is 0 Å². The van der Waals surface area contributed by atoms with Crippen LogP contribution < -0.4 is 0 Å². The van der Waals surface area contributed by atoms with Gasteiger partial charge in [0.2, 0.25) is 0 Å². The lowest BCUT2D eigenvalue weighted by Crippen LogP contribution is -2.11. The van der Waals surface area contributed by atoms with Crippen molar-refractivity contribution in [1.29, 1.82) is 0 Å². The number of thiophene rings is 1. The van der Waals surface area contributed by atoms with Gasteiger partial charge in [0.05, 0.1) is 0 Å². The second-order valence-corrected chi connectivity index (χ2v) is 4.74. The van der Waals surface area contributed by atoms with Gasteiger partial charge in [-0.15, -0.1) is 11.3 Å². The van der Waals surface area contributed by atoms with Crippen LogP contribution in [0.15, 0.2) is 12.1 Å². The third-order valence-electron chi connectivity index (χ3n) is 2.05. The van der Waals surface area contributed by atoms with Crippen LogP contribution in [0.2, 0.25) is 0 Å². The summed E-state index contributed by atoms with van der Waals surface area (Å²) in [5, 5.41) is 0. The van der Waals surface area contributed by atoms with E-state index in [4.69, 9.17) is 4.74 Å². The summed E-state index contributed by atoms with van der Waals surface area (Å²) in [6.07, 6.45) is 2.53. The Balaban J connectivity index is 2.31. The summed E-state index contributed by atoms with van der Waals surface area (Å²) in [5.41, 5.74) is 0. The van der Waals surface area contributed by atoms with Crippen LogP contribution in [0.5, 0.6) is 0 Å². The molecule has 0 aliphatic heterocycles. The maximum absolute atomic E-state index is 11.5. The number of rotatable bonds is 7. The van der Waals surface area contributed by atoms with Crippen LogP contribution in [-0.2, 0) is 22.4 Å².